The molecule has 1 heterocycles. The van der Waals surface area contributed by atoms with Crippen LogP contribution in [0.25, 0.3) is 11.3 Å². The van der Waals surface area contributed by atoms with Gasteiger partial charge in [-0.1, -0.05) is 53.5 Å². The first-order valence-corrected chi connectivity index (χ1v) is 15.0. The topological polar surface area (TPSA) is 131 Å². The minimum atomic E-state index is -4.54. The number of carbonyl (C=O) groups is 1. The third-order valence-corrected chi connectivity index (χ3v) is 8.90. The van der Waals surface area contributed by atoms with Crippen LogP contribution in [0.2, 0.25) is 10.0 Å². The van der Waals surface area contributed by atoms with E-state index >= 15 is 0 Å². The lowest BCUT2D eigenvalue weighted by Gasteiger charge is -2.18. The summed E-state index contributed by atoms with van der Waals surface area (Å²) in [6.07, 6.45) is 0.122. The lowest BCUT2D eigenvalue weighted by atomic mass is 10.1. The Morgan fingerprint density at radius 3 is 2.47 bits per heavy atom. The molecule has 0 fully saturated rings. The van der Waals surface area contributed by atoms with Crippen molar-refractivity contribution in [2.45, 2.75) is 17.4 Å². The average molecular weight is 703 g/mol. The number of anilines is 1. The molecule has 0 radical (unpaired) electrons. The van der Waals surface area contributed by atoms with Crippen molar-refractivity contribution in [3.05, 3.63) is 101 Å². The summed E-state index contributed by atoms with van der Waals surface area (Å²) in [5.74, 6) is -0.895. The Morgan fingerprint density at radius 1 is 1.08 bits per heavy atom. The predicted molar refractivity (Wildman–Crippen MR) is 156 cm³/mol. The van der Waals surface area contributed by atoms with E-state index < -0.39 is 37.5 Å². The molecule has 38 heavy (non-hydrogen) atoms. The molecule has 0 spiro atoms. The highest BCUT2D eigenvalue weighted by molar-refractivity contribution is 14.1. The van der Waals surface area contributed by atoms with Crippen molar-refractivity contribution in [2.75, 3.05) is 5.32 Å². The summed E-state index contributed by atoms with van der Waals surface area (Å²) in [6, 6.07) is 16.2. The minimum Gasteiger partial charge on any atom is -0.349 e. The highest BCUT2D eigenvalue weighted by atomic mass is 127. The minimum absolute atomic E-state index is 0.122. The number of nitrogens with one attached hydrogen (secondary N) is 2. The van der Waals surface area contributed by atoms with Crippen LogP contribution in [0.1, 0.15) is 5.56 Å². The van der Waals surface area contributed by atoms with Gasteiger partial charge >= 0.3 is 0 Å². The number of hydrogen-bond acceptors (Lipinski definition) is 8. The predicted octanol–water partition coefficient (Wildman–Crippen LogP) is 6.16. The van der Waals surface area contributed by atoms with Crippen LogP contribution < -0.4 is 10.0 Å². The van der Waals surface area contributed by atoms with Crippen LogP contribution in [-0.4, -0.2) is 30.3 Å². The summed E-state index contributed by atoms with van der Waals surface area (Å²) in [6.45, 7) is 0. The fraction of sp³-hybridized carbons (Fsp3) is 0.0833. The number of nitro groups is 1. The molecule has 0 aliphatic carbocycles. The van der Waals surface area contributed by atoms with E-state index in [1.54, 1.807) is 23.6 Å². The average Bonchev–Trinajstić information content (AvgIpc) is 3.35. The SMILES string of the molecule is O=C(NS(=O)(=O)c1ccccc1[N+](=O)[O-])C(Cc1ccc(I)cc1)Nc1nc(-c2ccc(Cl)c(Cl)c2)cs1. The number of thiazole rings is 1. The van der Waals surface area contributed by atoms with Crippen LogP contribution in [0.5, 0.6) is 0 Å². The van der Waals surface area contributed by atoms with Crippen LogP contribution in [0.3, 0.4) is 0 Å². The highest BCUT2D eigenvalue weighted by Gasteiger charge is 2.30. The van der Waals surface area contributed by atoms with Gasteiger partial charge in [-0.3, -0.25) is 14.9 Å². The van der Waals surface area contributed by atoms with E-state index in [1.807, 2.05) is 29.0 Å². The maximum Gasteiger partial charge on any atom is 0.289 e. The monoisotopic (exact) mass is 702 g/mol. The molecule has 14 heteroatoms. The van der Waals surface area contributed by atoms with Crippen molar-refractivity contribution in [3.8, 4) is 11.3 Å². The molecule has 0 saturated heterocycles. The van der Waals surface area contributed by atoms with Crippen molar-refractivity contribution in [1.82, 2.24) is 9.71 Å². The second-order valence-electron chi connectivity index (χ2n) is 7.89. The molecule has 1 atom stereocenters. The van der Waals surface area contributed by atoms with E-state index in [2.05, 4.69) is 32.9 Å². The number of nitro benzene ring substituents is 1. The standard InChI is InChI=1S/C24H17Cl2IN4O5S2/c25-17-10-7-15(12-18(17)26)20-13-37-24(29-20)28-19(11-14-5-8-16(27)9-6-14)23(32)30-38(35,36)22-4-2-1-3-21(22)31(33)34/h1-10,12-13,19H,11H2,(H,28,29)(H,30,32). The summed E-state index contributed by atoms with van der Waals surface area (Å²) in [7, 11) is -4.54. The summed E-state index contributed by atoms with van der Waals surface area (Å²) in [5, 5.41) is 17.2. The Labute approximate surface area is 245 Å². The second-order valence-corrected chi connectivity index (χ2v) is 12.5. The number of hydrogen-bond donors (Lipinski definition) is 2. The zero-order valence-corrected chi connectivity index (χ0v) is 24.4. The van der Waals surface area contributed by atoms with Gasteiger partial charge in [-0.05, 0) is 58.5 Å². The smallest absolute Gasteiger partial charge is 0.289 e. The van der Waals surface area contributed by atoms with Gasteiger partial charge in [0.05, 0.1) is 20.7 Å². The first kappa shape index (κ1) is 28.2. The first-order chi connectivity index (χ1) is 18.0. The summed E-state index contributed by atoms with van der Waals surface area (Å²) in [5.41, 5.74) is 1.42. The van der Waals surface area contributed by atoms with Gasteiger partial charge in [-0.2, -0.15) is 0 Å². The van der Waals surface area contributed by atoms with E-state index in [0.29, 0.717) is 26.4 Å². The maximum absolute atomic E-state index is 13.3. The number of sulfonamides is 1. The molecule has 4 rings (SSSR count). The Hall–Kier alpha value is -2.78. The first-order valence-electron chi connectivity index (χ1n) is 10.8. The molecule has 1 unspecified atom stereocenters. The second kappa shape index (κ2) is 11.9. The Morgan fingerprint density at radius 2 is 1.79 bits per heavy atom. The molecule has 196 valence electrons. The van der Waals surface area contributed by atoms with Crippen molar-refractivity contribution >= 4 is 83.9 Å². The Kier molecular flexibility index (Phi) is 8.88. The van der Waals surface area contributed by atoms with Gasteiger partial charge in [0.1, 0.15) is 6.04 Å². The number of amides is 1. The molecule has 0 saturated carbocycles. The van der Waals surface area contributed by atoms with Crippen molar-refractivity contribution in [1.29, 1.82) is 0 Å². The normalized spacial score (nSPS) is 12.1. The lowest BCUT2D eigenvalue weighted by Crippen LogP contribution is -2.43. The maximum atomic E-state index is 13.3. The van der Waals surface area contributed by atoms with E-state index in [9.17, 15) is 23.3 Å². The van der Waals surface area contributed by atoms with Crippen LogP contribution >= 0.6 is 57.1 Å². The molecule has 3 aromatic carbocycles. The van der Waals surface area contributed by atoms with Crippen molar-refractivity contribution in [2.24, 2.45) is 0 Å². The molecular weight excluding hydrogens is 686 g/mol. The molecule has 4 aromatic rings. The van der Waals surface area contributed by atoms with E-state index in [1.165, 1.54) is 23.5 Å². The van der Waals surface area contributed by atoms with E-state index in [0.717, 1.165) is 21.3 Å². The summed E-state index contributed by atoms with van der Waals surface area (Å²) >= 11 is 15.5. The Bertz CT molecular complexity index is 1610. The summed E-state index contributed by atoms with van der Waals surface area (Å²) < 4.78 is 28.9. The fourth-order valence-corrected chi connectivity index (χ4v) is 6.06. The number of halogens is 3. The van der Waals surface area contributed by atoms with Crippen LogP contribution in [0.15, 0.2) is 77.0 Å². The van der Waals surface area contributed by atoms with Gasteiger partial charge in [0.15, 0.2) is 10.0 Å². The molecule has 1 amide bonds. The molecule has 1 aromatic heterocycles. The van der Waals surface area contributed by atoms with Crippen LogP contribution in [-0.2, 0) is 21.2 Å². The van der Waals surface area contributed by atoms with Crippen LogP contribution in [0, 0.1) is 13.7 Å². The van der Waals surface area contributed by atoms with E-state index in [-0.39, 0.29) is 6.42 Å². The van der Waals surface area contributed by atoms with Gasteiger partial charge in [-0.15, -0.1) is 11.3 Å². The lowest BCUT2D eigenvalue weighted by molar-refractivity contribution is -0.387. The molecule has 0 aliphatic heterocycles. The van der Waals surface area contributed by atoms with Gasteiger partial charge in [0.25, 0.3) is 21.6 Å². The molecule has 0 aliphatic rings. The largest absolute Gasteiger partial charge is 0.349 e. The molecule has 9 nitrogen and oxygen atoms in total. The highest BCUT2D eigenvalue weighted by Crippen LogP contribution is 2.31. The molecular formula is C24H17Cl2IN4O5S2. The fourth-order valence-electron chi connectivity index (χ4n) is 3.44. The van der Waals surface area contributed by atoms with E-state index in [4.69, 9.17) is 23.2 Å². The number of benzene rings is 3. The van der Waals surface area contributed by atoms with Crippen LogP contribution in [0.4, 0.5) is 10.8 Å². The van der Waals surface area contributed by atoms with Gasteiger partial charge in [0.2, 0.25) is 0 Å². The van der Waals surface area contributed by atoms with Crippen molar-refractivity contribution in [3.63, 3.8) is 0 Å². The zero-order valence-electron chi connectivity index (χ0n) is 19.1. The number of rotatable bonds is 9. The quantitative estimate of drug-likeness (QED) is 0.121. The van der Waals surface area contributed by atoms with Gasteiger partial charge in [-0.25, -0.2) is 18.1 Å². The third-order valence-electron chi connectivity index (χ3n) is 5.27. The number of nitrogens with zero attached hydrogens (tertiary/aromatic N) is 2. The molecule has 0 bridgehead atoms. The van der Waals surface area contributed by atoms with Crippen molar-refractivity contribution < 1.29 is 18.1 Å². The molecule has 2 N–H and O–H groups in total. The van der Waals surface area contributed by atoms with Gasteiger partial charge in [0, 0.05) is 27.0 Å². The zero-order chi connectivity index (χ0) is 27.4. The third kappa shape index (κ3) is 6.80. The number of aromatic nitrogens is 1. The number of para-hydroxylation sites is 1. The summed E-state index contributed by atoms with van der Waals surface area (Å²) in [4.78, 5) is 27.7. The van der Waals surface area contributed by atoms with Gasteiger partial charge < -0.3 is 5.32 Å². The number of carbonyl (C=O) groups excluding carboxylic acids is 1. The Balaban J connectivity index is 1.62.